The third kappa shape index (κ3) is 3.50. The van der Waals surface area contributed by atoms with Gasteiger partial charge in [-0.3, -0.25) is 9.59 Å². The number of carbonyl (C=O) groups is 2. The van der Waals surface area contributed by atoms with Crippen LogP contribution in [-0.4, -0.2) is 11.7 Å². The highest BCUT2D eigenvalue weighted by Crippen LogP contribution is 2.16. The molecule has 0 fully saturated rings. The van der Waals surface area contributed by atoms with E-state index in [1.807, 2.05) is 0 Å². The van der Waals surface area contributed by atoms with Gasteiger partial charge in [0.1, 0.15) is 0 Å². The van der Waals surface area contributed by atoms with Crippen LogP contribution in [0.15, 0.2) is 42.5 Å². The molecule has 104 valence electrons. The molecule has 0 spiro atoms. The fourth-order valence-corrected chi connectivity index (χ4v) is 2.06. The highest BCUT2D eigenvalue weighted by Gasteiger charge is 2.14. The minimum absolute atomic E-state index is 0.173. The Morgan fingerprint density at radius 3 is 2.38 bits per heavy atom. The van der Waals surface area contributed by atoms with Crippen molar-refractivity contribution < 1.29 is 9.59 Å². The Kier molecular flexibility index (Phi) is 4.42. The predicted octanol–water partition coefficient (Wildman–Crippen LogP) is 2.85. The third-order valence-corrected chi connectivity index (χ3v) is 3.29. The molecule has 0 radical (unpaired) electrons. The van der Waals surface area contributed by atoms with Gasteiger partial charge in [-0.15, -0.1) is 6.42 Å². The minimum atomic E-state index is -0.598. The highest BCUT2D eigenvalue weighted by atomic mass is 35.5. The number of nitrogens with two attached hydrogens (primary N) is 1. The average molecular weight is 298 g/mol. The monoisotopic (exact) mass is 297 g/mol. The second-order valence-corrected chi connectivity index (χ2v) is 4.93. The molecule has 0 aliphatic heterocycles. The topological polar surface area (TPSA) is 60.2 Å². The largest absolute Gasteiger partial charge is 0.366 e. The Morgan fingerprint density at radius 2 is 1.81 bits per heavy atom. The molecular formula is C17H12ClNO2. The first-order valence-corrected chi connectivity index (χ1v) is 6.57. The van der Waals surface area contributed by atoms with Gasteiger partial charge in [0.15, 0.2) is 5.78 Å². The van der Waals surface area contributed by atoms with E-state index in [1.54, 1.807) is 30.3 Å². The summed E-state index contributed by atoms with van der Waals surface area (Å²) in [4.78, 5) is 23.6. The first-order chi connectivity index (χ1) is 10.0. The second-order valence-electron chi connectivity index (χ2n) is 4.50. The van der Waals surface area contributed by atoms with Gasteiger partial charge >= 0.3 is 0 Å². The fraction of sp³-hybridized carbons (Fsp3) is 0.0588. The zero-order valence-corrected chi connectivity index (χ0v) is 11.9. The molecule has 2 rings (SSSR count). The molecule has 0 aliphatic rings. The van der Waals surface area contributed by atoms with Gasteiger partial charge in [-0.25, -0.2) is 0 Å². The van der Waals surface area contributed by atoms with Crippen molar-refractivity contribution in [2.75, 3.05) is 0 Å². The van der Waals surface area contributed by atoms with Gasteiger partial charge in [0.2, 0.25) is 5.91 Å². The number of amides is 1. The summed E-state index contributed by atoms with van der Waals surface area (Å²) in [6, 6.07) is 11.5. The number of carbonyl (C=O) groups excluding carboxylic acids is 2. The average Bonchev–Trinajstić information content (AvgIpc) is 2.48. The fourth-order valence-electron chi connectivity index (χ4n) is 1.94. The van der Waals surface area contributed by atoms with Crippen LogP contribution in [0, 0.1) is 12.3 Å². The minimum Gasteiger partial charge on any atom is -0.366 e. The molecule has 0 heterocycles. The SMILES string of the molecule is C#Cc1ccc(C(N)=O)cc1C(=O)Cc1ccc(Cl)cc1. The van der Waals surface area contributed by atoms with Gasteiger partial charge in [0.05, 0.1) is 0 Å². The van der Waals surface area contributed by atoms with Gasteiger partial charge in [0, 0.05) is 28.1 Å². The Bertz CT molecular complexity index is 742. The number of hydrogen-bond donors (Lipinski definition) is 1. The van der Waals surface area contributed by atoms with E-state index in [0.717, 1.165) is 5.56 Å². The van der Waals surface area contributed by atoms with Crippen LogP contribution in [0.4, 0.5) is 0 Å². The Labute approximate surface area is 127 Å². The Balaban J connectivity index is 2.33. The molecule has 2 aromatic rings. The van der Waals surface area contributed by atoms with Crippen LogP contribution < -0.4 is 5.73 Å². The maximum absolute atomic E-state index is 12.4. The summed E-state index contributed by atoms with van der Waals surface area (Å²) in [7, 11) is 0. The van der Waals surface area contributed by atoms with Crippen molar-refractivity contribution in [2.24, 2.45) is 5.73 Å². The Morgan fingerprint density at radius 1 is 1.14 bits per heavy atom. The van der Waals surface area contributed by atoms with Crippen LogP contribution in [0.5, 0.6) is 0 Å². The van der Waals surface area contributed by atoms with E-state index >= 15 is 0 Å². The van der Waals surface area contributed by atoms with Crippen molar-refractivity contribution in [1.29, 1.82) is 0 Å². The number of primary amides is 1. The first-order valence-electron chi connectivity index (χ1n) is 6.19. The van der Waals surface area contributed by atoms with Crippen LogP contribution in [0.2, 0.25) is 5.02 Å². The van der Waals surface area contributed by atoms with Crippen molar-refractivity contribution in [3.05, 3.63) is 69.7 Å². The van der Waals surface area contributed by atoms with E-state index in [1.165, 1.54) is 12.1 Å². The molecule has 0 unspecified atom stereocenters. The zero-order valence-electron chi connectivity index (χ0n) is 11.1. The molecule has 0 saturated carbocycles. The van der Waals surface area contributed by atoms with Gasteiger partial charge in [-0.2, -0.15) is 0 Å². The predicted molar refractivity (Wildman–Crippen MR) is 82.4 cm³/mol. The van der Waals surface area contributed by atoms with Gasteiger partial charge in [-0.1, -0.05) is 29.7 Å². The quantitative estimate of drug-likeness (QED) is 0.697. The van der Waals surface area contributed by atoms with Crippen LogP contribution in [0.1, 0.15) is 31.8 Å². The van der Waals surface area contributed by atoms with Crippen molar-refractivity contribution in [2.45, 2.75) is 6.42 Å². The van der Waals surface area contributed by atoms with E-state index in [4.69, 9.17) is 23.8 Å². The summed E-state index contributed by atoms with van der Waals surface area (Å²) in [5, 5.41) is 0.603. The number of terminal acetylenes is 1. The molecule has 1 amide bonds. The van der Waals surface area contributed by atoms with Gasteiger partial charge < -0.3 is 5.73 Å². The molecule has 21 heavy (non-hydrogen) atoms. The lowest BCUT2D eigenvalue weighted by atomic mass is 9.96. The zero-order chi connectivity index (χ0) is 15.4. The molecule has 4 heteroatoms. The normalized spacial score (nSPS) is 9.90. The molecule has 2 aromatic carbocycles. The van der Waals surface area contributed by atoms with Crippen molar-refractivity contribution in [3.8, 4) is 12.3 Å². The van der Waals surface area contributed by atoms with Crippen molar-refractivity contribution >= 4 is 23.3 Å². The van der Waals surface area contributed by atoms with Gasteiger partial charge in [0.25, 0.3) is 0 Å². The summed E-state index contributed by atoms with van der Waals surface area (Å²) in [5.74, 6) is 1.67. The van der Waals surface area contributed by atoms with E-state index in [0.29, 0.717) is 16.1 Å². The van der Waals surface area contributed by atoms with Crippen LogP contribution in [-0.2, 0) is 6.42 Å². The smallest absolute Gasteiger partial charge is 0.248 e. The van der Waals surface area contributed by atoms with E-state index in [-0.39, 0.29) is 17.8 Å². The van der Waals surface area contributed by atoms with Crippen LogP contribution in [0.3, 0.4) is 0 Å². The Hall–Kier alpha value is -2.57. The van der Waals surface area contributed by atoms with E-state index in [2.05, 4.69) is 5.92 Å². The van der Waals surface area contributed by atoms with Crippen molar-refractivity contribution in [3.63, 3.8) is 0 Å². The molecular weight excluding hydrogens is 286 g/mol. The molecule has 0 aromatic heterocycles. The lowest BCUT2D eigenvalue weighted by Gasteiger charge is -2.06. The van der Waals surface area contributed by atoms with E-state index in [9.17, 15) is 9.59 Å². The van der Waals surface area contributed by atoms with Gasteiger partial charge in [-0.05, 0) is 35.9 Å². The maximum Gasteiger partial charge on any atom is 0.248 e. The summed E-state index contributed by atoms with van der Waals surface area (Å²) in [6.45, 7) is 0. The number of benzene rings is 2. The molecule has 0 bridgehead atoms. The summed E-state index contributed by atoms with van der Waals surface area (Å²) in [6.07, 6.45) is 5.57. The maximum atomic E-state index is 12.4. The summed E-state index contributed by atoms with van der Waals surface area (Å²) < 4.78 is 0. The standard InChI is InChI=1S/C17H12ClNO2/c1-2-12-5-6-13(17(19)21)10-15(12)16(20)9-11-3-7-14(18)8-4-11/h1,3-8,10H,9H2,(H2,19,21). The number of Topliss-reactive ketones (excluding diaryl/α,β-unsaturated/α-hetero) is 1. The third-order valence-electron chi connectivity index (χ3n) is 3.04. The second kappa shape index (κ2) is 6.25. The van der Waals surface area contributed by atoms with Crippen LogP contribution in [0.25, 0.3) is 0 Å². The molecule has 0 atom stereocenters. The summed E-state index contributed by atoms with van der Waals surface area (Å²) in [5.41, 5.74) is 7.07. The van der Waals surface area contributed by atoms with Crippen LogP contribution >= 0.6 is 11.6 Å². The van der Waals surface area contributed by atoms with E-state index < -0.39 is 5.91 Å². The molecule has 2 N–H and O–H groups in total. The first kappa shape index (κ1) is 14.8. The lowest BCUT2D eigenvalue weighted by molar-refractivity contribution is 0.0992. The summed E-state index contributed by atoms with van der Waals surface area (Å²) >= 11 is 5.81. The number of hydrogen-bond acceptors (Lipinski definition) is 2. The molecule has 3 nitrogen and oxygen atoms in total. The number of halogens is 1. The number of ketones is 1. The highest BCUT2D eigenvalue weighted by molar-refractivity contribution is 6.30. The molecule has 0 saturated heterocycles. The lowest BCUT2D eigenvalue weighted by Crippen LogP contribution is -2.13. The van der Waals surface area contributed by atoms with Crippen molar-refractivity contribution in [1.82, 2.24) is 0 Å². The molecule has 0 aliphatic carbocycles. The number of rotatable bonds is 4.